The minimum Gasteiger partial charge on any atom is -0.472 e. The Hall–Kier alpha value is -4.98. The molecule has 2 aromatic carbocycles. The SMILES string of the molecule is C=C[C@H]1C[C@@]1(NC(=O)[C@H]1C[C@@H](Oc2nccc3ccccc23)CN1C(=O)[C@@H](NC(=O)Oc1ccc(C)cc1)C(C)(C)C)C(=O)NS(=O)(=O)C1CC1. The van der Waals surface area contributed by atoms with Crippen LogP contribution < -0.4 is 24.8 Å². The Bertz CT molecular complexity index is 1970. The molecule has 2 saturated carbocycles. The Morgan fingerprint density at radius 3 is 2.41 bits per heavy atom. The van der Waals surface area contributed by atoms with E-state index in [1.807, 2.05) is 37.3 Å². The number of sulfonamides is 1. The number of pyridine rings is 1. The van der Waals surface area contributed by atoms with Crippen LogP contribution in [0, 0.1) is 18.3 Å². The fourth-order valence-corrected chi connectivity index (χ4v) is 7.78. The van der Waals surface area contributed by atoms with Crippen LogP contribution in [0.15, 0.2) is 73.4 Å². The lowest BCUT2D eigenvalue weighted by atomic mass is 9.85. The van der Waals surface area contributed by atoms with Crippen LogP contribution in [-0.2, 0) is 24.4 Å². The van der Waals surface area contributed by atoms with Gasteiger partial charge >= 0.3 is 6.09 Å². The van der Waals surface area contributed by atoms with Crippen molar-refractivity contribution in [2.45, 2.75) is 82.4 Å². The molecule has 3 N–H and O–H groups in total. The zero-order valence-electron chi connectivity index (χ0n) is 29.0. The number of aryl methyl sites for hydroxylation is 1. The summed E-state index contributed by atoms with van der Waals surface area (Å²) in [4.78, 5) is 61.0. The number of ether oxygens (including phenoxy) is 2. The molecule has 0 bridgehead atoms. The molecular formula is C37H43N5O8S. The standard InChI is InChI=1S/C37H43N5O8S/c1-6-24-20-37(24,34(45)41-51(47,48)27-15-16-27)40-31(43)29-19-26(49-32-28-10-8-7-9-23(28)17-18-38-32)21-42(29)33(44)30(36(3,4)5)39-35(46)50-25-13-11-22(2)12-14-25/h6-14,17-18,24,26-27,29-30H,1,15-16,19-21H2,2-5H3,(H,39,46)(H,40,43)(H,41,45)/t24-,26+,29+,30+,37-/m0/s1. The van der Waals surface area contributed by atoms with E-state index in [0.717, 1.165) is 16.3 Å². The molecule has 0 spiro atoms. The highest BCUT2D eigenvalue weighted by atomic mass is 32.2. The molecule has 13 nitrogen and oxygen atoms in total. The van der Waals surface area contributed by atoms with Crippen LogP contribution in [0.2, 0.25) is 0 Å². The van der Waals surface area contributed by atoms with E-state index in [1.165, 1.54) is 11.0 Å². The quantitative estimate of drug-likeness (QED) is 0.250. The molecular weight excluding hydrogens is 675 g/mol. The van der Waals surface area contributed by atoms with Crippen molar-refractivity contribution in [3.8, 4) is 11.6 Å². The number of amides is 4. The molecule has 2 heterocycles. The number of likely N-dealkylation sites (tertiary alicyclic amines) is 1. The van der Waals surface area contributed by atoms with Crippen molar-refractivity contribution in [2.75, 3.05) is 6.54 Å². The third-order valence-electron chi connectivity index (χ3n) is 9.62. The van der Waals surface area contributed by atoms with Crippen LogP contribution in [0.1, 0.15) is 52.0 Å². The number of carbonyl (C=O) groups is 4. The predicted octanol–water partition coefficient (Wildman–Crippen LogP) is 3.76. The van der Waals surface area contributed by atoms with E-state index in [4.69, 9.17) is 9.47 Å². The number of aromatic nitrogens is 1. The van der Waals surface area contributed by atoms with Gasteiger partial charge in [0.05, 0.1) is 11.8 Å². The van der Waals surface area contributed by atoms with Gasteiger partial charge in [-0.1, -0.05) is 62.7 Å². The van der Waals surface area contributed by atoms with Crippen LogP contribution in [0.4, 0.5) is 4.79 Å². The van der Waals surface area contributed by atoms with Gasteiger partial charge < -0.3 is 25.0 Å². The Balaban J connectivity index is 1.27. The van der Waals surface area contributed by atoms with Crippen molar-refractivity contribution >= 4 is 44.6 Å². The highest BCUT2D eigenvalue weighted by molar-refractivity contribution is 7.91. The first-order chi connectivity index (χ1) is 24.1. The van der Waals surface area contributed by atoms with E-state index >= 15 is 0 Å². The summed E-state index contributed by atoms with van der Waals surface area (Å²) in [7, 11) is -3.89. The average Bonchev–Trinajstić information content (AvgIpc) is 4.01. The van der Waals surface area contributed by atoms with E-state index in [1.54, 1.807) is 51.2 Å². The van der Waals surface area contributed by atoms with Crippen molar-refractivity contribution in [1.29, 1.82) is 0 Å². The normalized spacial score (nSPS) is 23.5. The summed E-state index contributed by atoms with van der Waals surface area (Å²) in [5, 5.41) is 6.49. The number of nitrogens with zero attached hydrogens (tertiary/aromatic N) is 2. The van der Waals surface area contributed by atoms with Crippen molar-refractivity contribution in [1.82, 2.24) is 25.2 Å². The maximum Gasteiger partial charge on any atom is 0.413 e. The van der Waals surface area contributed by atoms with Gasteiger partial charge in [0.15, 0.2) is 0 Å². The van der Waals surface area contributed by atoms with Gasteiger partial charge in [0.25, 0.3) is 5.91 Å². The number of fused-ring (bicyclic) bond motifs is 1. The molecule has 2 aliphatic carbocycles. The summed E-state index contributed by atoms with van der Waals surface area (Å²) in [6, 6.07) is 13.9. The predicted molar refractivity (Wildman–Crippen MR) is 189 cm³/mol. The summed E-state index contributed by atoms with van der Waals surface area (Å²) in [5.74, 6) is -1.97. The van der Waals surface area contributed by atoms with Crippen LogP contribution in [-0.4, -0.2) is 77.6 Å². The molecule has 14 heteroatoms. The smallest absolute Gasteiger partial charge is 0.413 e. The molecule has 51 heavy (non-hydrogen) atoms. The van der Waals surface area contributed by atoms with E-state index in [2.05, 4.69) is 26.9 Å². The number of hydrogen-bond donors (Lipinski definition) is 3. The first kappa shape index (κ1) is 35.8. The second-order valence-electron chi connectivity index (χ2n) is 14.6. The van der Waals surface area contributed by atoms with Crippen molar-refractivity contribution in [3.63, 3.8) is 0 Å². The number of carbonyl (C=O) groups excluding carboxylic acids is 4. The molecule has 5 atom stereocenters. The van der Waals surface area contributed by atoms with Crippen molar-refractivity contribution in [3.05, 3.63) is 79.0 Å². The molecule has 4 amide bonds. The first-order valence-electron chi connectivity index (χ1n) is 17.0. The van der Waals surface area contributed by atoms with Crippen LogP contribution in [0.25, 0.3) is 10.8 Å². The highest BCUT2D eigenvalue weighted by Gasteiger charge is 2.62. The van der Waals surface area contributed by atoms with Crippen LogP contribution >= 0.6 is 0 Å². The lowest BCUT2D eigenvalue weighted by molar-refractivity contribution is -0.142. The zero-order valence-corrected chi connectivity index (χ0v) is 29.9. The molecule has 1 aromatic heterocycles. The topological polar surface area (TPSA) is 173 Å². The minimum absolute atomic E-state index is 0.0317. The lowest BCUT2D eigenvalue weighted by Gasteiger charge is -2.35. The lowest BCUT2D eigenvalue weighted by Crippen LogP contribution is -2.60. The number of benzene rings is 2. The Labute approximate surface area is 297 Å². The van der Waals surface area contributed by atoms with Gasteiger partial charge in [0.1, 0.15) is 29.5 Å². The third kappa shape index (κ3) is 7.70. The van der Waals surface area contributed by atoms with E-state index in [0.29, 0.717) is 24.5 Å². The van der Waals surface area contributed by atoms with Crippen molar-refractivity contribution < 1.29 is 37.1 Å². The van der Waals surface area contributed by atoms with Gasteiger partial charge in [-0.05, 0) is 61.3 Å². The van der Waals surface area contributed by atoms with Gasteiger partial charge in [0.2, 0.25) is 27.7 Å². The van der Waals surface area contributed by atoms with Gasteiger partial charge in [-0.2, -0.15) is 0 Å². The Morgan fingerprint density at radius 1 is 1.06 bits per heavy atom. The number of nitrogens with one attached hydrogen (secondary N) is 3. The van der Waals surface area contributed by atoms with Gasteiger partial charge in [-0.3, -0.25) is 19.1 Å². The van der Waals surface area contributed by atoms with Crippen LogP contribution in [0.3, 0.4) is 0 Å². The van der Waals surface area contributed by atoms with Crippen LogP contribution in [0.5, 0.6) is 11.6 Å². The zero-order chi connectivity index (χ0) is 36.7. The molecule has 1 aliphatic heterocycles. The minimum atomic E-state index is -3.89. The van der Waals surface area contributed by atoms with E-state index in [9.17, 15) is 27.6 Å². The van der Waals surface area contributed by atoms with Gasteiger partial charge in [0, 0.05) is 23.9 Å². The first-order valence-corrected chi connectivity index (χ1v) is 18.5. The van der Waals surface area contributed by atoms with Gasteiger partial charge in [-0.25, -0.2) is 18.2 Å². The fraction of sp³-hybridized carbons (Fsp3) is 0.432. The van der Waals surface area contributed by atoms with Crippen molar-refractivity contribution in [2.24, 2.45) is 11.3 Å². The molecule has 6 rings (SSSR count). The summed E-state index contributed by atoms with van der Waals surface area (Å²) >= 11 is 0. The molecule has 3 aromatic rings. The number of hydrogen-bond acceptors (Lipinski definition) is 9. The molecule has 3 aliphatic rings. The summed E-state index contributed by atoms with van der Waals surface area (Å²) in [6.45, 7) is 11.0. The second-order valence-corrected chi connectivity index (χ2v) is 16.6. The van der Waals surface area contributed by atoms with E-state index < -0.39 is 74.1 Å². The summed E-state index contributed by atoms with van der Waals surface area (Å²) < 4.78 is 39.3. The maximum atomic E-state index is 14.5. The highest BCUT2D eigenvalue weighted by Crippen LogP contribution is 2.45. The summed E-state index contributed by atoms with van der Waals surface area (Å²) in [6.07, 6.45) is 2.66. The molecule has 0 radical (unpaired) electrons. The van der Waals surface area contributed by atoms with Gasteiger partial charge in [-0.15, -0.1) is 6.58 Å². The second kappa shape index (κ2) is 13.6. The Morgan fingerprint density at radius 2 is 1.76 bits per heavy atom. The number of rotatable bonds is 11. The molecule has 1 saturated heterocycles. The fourth-order valence-electron chi connectivity index (χ4n) is 6.41. The average molecular weight is 718 g/mol. The molecule has 270 valence electrons. The largest absolute Gasteiger partial charge is 0.472 e. The van der Waals surface area contributed by atoms with E-state index in [-0.39, 0.29) is 19.4 Å². The monoisotopic (exact) mass is 717 g/mol. The molecule has 0 unspecified atom stereocenters. The molecule has 3 fully saturated rings. The third-order valence-corrected chi connectivity index (χ3v) is 11.4. The maximum absolute atomic E-state index is 14.5. The summed E-state index contributed by atoms with van der Waals surface area (Å²) in [5.41, 5.74) is -1.40. The Kier molecular flexibility index (Phi) is 9.57.